The summed E-state index contributed by atoms with van der Waals surface area (Å²) in [5.74, 6) is 0.757. The van der Waals surface area contributed by atoms with Gasteiger partial charge in [0, 0.05) is 19.0 Å². The zero-order chi connectivity index (χ0) is 12.3. The maximum Gasteiger partial charge on any atom is 0.225 e. The summed E-state index contributed by atoms with van der Waals surface area (Å²) in [6.45, 7) is 2.74. The van der Waals surface area contributed by atoms with Crippen molar-refractivity contribution in [3.05, 3.63) is 0 Å². The highest BCUT2D eigenvalue weighted by atomic mass is 16.2. The minimum atomic E-state index is -0.147. The van der Waals surface area contributed by atoms with Crippen LogP contribution in [0.1, 0.15) is 45.4 Å². The molecule has 1 atom stereocenters. The quantitative estimate of drug-likeness (QED) is 0.776. The SMILES string of the molecule is CCC1CCC(NC(=O)C2CNC(=O)C2)CC1. The first kappa shape index (κ1) is 12.4. The van der Waals surface area contributed by atoms with Gasteiger partial charge in [-0.15, -0.1) is 0 Å². The maximum atomic E-state index is 11.9. The van der Waals surface area contributed by atoms with E-state index in [0.717, 1.165) is 18.8 Å². The second kappa shape index (κ2) is 5.52. The molecule has 1 saturated heterocycles. The van der Waals surface area contributed by atoms with Gasteiger partial charge in [0.15, 0.2) is 0 Å². The summed E-state index contributed by atoms with van der Waals surface area (Å²) in [6.07, 6.45) is 6.25. The van der Waals surface area contributed by atoms with Crippen LogP contribution in [0, 0.1) is 11.8 Å². The molecule has 1 aliphatic heterocycles. The van der Waals surface area contributed by atoms with Gasteiger partial charge in [-0.2, -0.15) is 0 Å². The van der Waals surface area contributed by atoms with E-state index in [9.17, 15) is 9.59 Å². The van der Waals surface area contributed by atoms with Crippen LogP contribution in [0.3, 0.4) is 0 Å². The molecule has 4 heteroatoms. The Morgan fingerprint density at radius 2 is 2.06 bits per heavy atom. The molecule has 0 aromatic heterocycles. The van der Waals surface area contributed by atoms with Gasteiger partial charge in [-0.1, -0.05) is 13.3 Å². The summed E-state index contributed by atoms with van der Waals surface area (Å²) < 4.78 is 0. The Labute approximate surface area is 103 Å². The van der Waals surface area contributed by atoms with E-state index in [0.29, 0.717) is 19.0 Å². The maximum absolute atomic E-state index is 11.9. The van der Waals surface area contributed by atoms with Crippen LogP contribution in [0.25, 0.3) is 0 Å². The molecule has 4 nitrogen and oxygen atoms in total. The number of hydrogen-bond acceptors (Lipinski definition) is 2. The molecule has 1 aliphatic carbocycles. The molecule has 1 saturated carbocycles. The molecule has 1 unspecified atom stereocenters. The lowest BCUT2D eigenvalue weighted by Crippen LogP contribution is -2.41. The van der Waals surface area contributed by atoms with Gasteiger partial charge in [0.2, 0.25) is 11.8 Å². The van der Waals surface area contributed by atoms with E-state index in [-0.39, 0.29) is 17.7 Å². The predicted molar refractivity (Wildman–Crippen MR) is 65.3 cm³/mol. The molecule has 0 aromatic carbocycles. The first-order chi connectivity index (χ1) is 8.19. The number of rotatable bonds is 3. The molecule has 1 heterocycles. The highest BCUT2D eigenvalue weighted by molar-refractivity contribution is 5.89. The molecule has 17 heavy (non-hydrogen) atoms. The van der Waals surface area contributed by atoms with E-state index < -0.39 is 0 Å². The van der Waals surface area contributed by atoms with Crippen LogP contribution in [0.5, 0.6) is 0 Å². The van der Waals surface area contributed by atoms with Crippen molar-refractivity contribution in [1.29, 1.82) is 0 Å². The molecule has 0 bridgehead atoms. The third-order valence-electron chi connectivity index (χ3n) is 4.12. The summed E-state index contributed by atoms with van der Waals surface area (Å²) in [7, 11) is 0. The molecule has 96 valence electrons. The molecule has 2 fully saturated rings. The van der Waals surface area contributed by atoms with Gasteiger partial charge in [-0.25, -0.2) is 0 Å². The summed E-state index contributed by atoms with van der Waals surface area (Å²) >= 11 is 0. The Balaban J connectivity index is 1.74. The number of carbonyl (C=O) groups excluding carboxylic acids is 2. The van der Waals surface area contributed by atoms with Crippen LogP contribution in [-0.4, -0.2) is 24.4 Å². The minimum Gasteiger partial charge on any atom is -0.355 e. The summed E-state index contributed by atoms with van der Waals surface area (Å²) in [5, 5.41) is 5.80. The van der Waals surface area contributed by atoms with Crippen molar-refractivity contribution < 1.29 is 9.59 Å². The van der Waals surface area contributed by atoms with Crippen LogP contribution in [-0.2, 0) is 9.59 Å². The Bertz CT molecular complexity index is 296. The van der Waals surface area contributed by atoms with E-state index in [4.69, 9.17) is 0 Å². The molecule has 0 aromatic rings. The van der Waals surface area contributed by atoms with Crippen molar-refractivity contribution in [2.75, 3.05) is 6.54 Å². The lowest BCUT2D eigenvalue weighted by molar-refractivity contribution is -0.127. The average molecular weight is 238 g/mol. The van der Waals surface area contributed by atoms with Crippen LogP contribution in [0.2, 0.25) is 0 Å². The Morgan fingerprint density at radius 3 is 2.59 bits per heavy atom. The van der Waals surface area contributed by atoms with Gasteiger partial charge in [-0.3, -0.25) is 9.59 Å². The number of amides is 2. The van der Waals surface area contributed by atoms with Gasteiger partial charge in [0.25, 0.3) is 0 Å². The highest BCUT2D eigenvalue weighted by Gasteiger charge is 2.30. The van der Waals surface area contributed by atoms with Gasteiger partial charge in [0.05, 0.1) is 5.92 Å². The standard InChI is InChI=1S/C13H22N2O2/c1-2-9-3-5-11(6-4-9)15-13(17)10-7-12(16)14-8-10/h9-11H,2-8H2,1H3,(H,14,16)(H,15,17). The second-order valence-electron chi connectivity index (χ2n) is 5.34. The van der Waals surface area contributed by atoms with E-state index in [1.807, 2.05) is 0 Å². The topological polar surface area (TPSA) is 58.2 Å². The van der Waals surface area contributed by atoms with Crippen LogP contribution >= 0.6 is 0 Å². The summed E-state index contributed by atoms with van der Waals surface area (Å²) in [4.78, 5) is 22.9. The third-order valence-corrected chi connectivity index (χ3v) is 4.12. The fourth-order valence-electron chi connectivity index (χ4n) is 2.82. The van der Waals surface area contributed by atoms with Crippen molar-refractivity contribution in [3.8, 4) is 0 Å². The van der Waals surface area contributed by atoms with Crippen molar-refractivity contribution >= 4 is 11.8 Å². The van der Waals surface area contributed by atoms with Gasteiger partial charge < -0.3 is 10.6 Å². The fraction of sp³-hybridized carbons (Fsp3) is 0.846. The lowest BCUT2D eigenvalue weighted by Gasteiger charge is -2.29. The van der Waals surface area contributed by atoms with E-state index in [1.54, 1.807) is 0 Å². The van der Waals surface area contributed by atoms with Crippen LogP contribution in [0.4, 0.5) is 0 Å². The highest BCUT2D eigenvalue weighted by Crippen LogP contribution is 2.26. The summed E-state index contributed by atoms with van der Waals surface area (Å²) in [6, 6.07) is 0.334. The van der Waals surface area contributed by atoms with Gasteiger partial charge in [-0.05, 0) is 31.6 Å². The molecule has 2 rings (SSSR count). The van der Waals surface area contributed by atoms with Gasteiger partial charge >= 0.3 is 0 Å². The molecular formula is C13H22N2O2. The smallest absolute Gasteiger partial charge is 0.225 e. The van der Waals surface area contributed by atoms with E-state index >= 15 is 0 Å². The first-order valence-corrected chi connectivity index (χ1v) is 6.76. The van der Waals surface area contributed by atoms with Gasteiger partial charge in [0.1, 0.15) is 0 Å². The number of nitrogens with one attached hydrogen (secondary N) is 2. The number of carbonyl (C=O) groups is 2. The minimum absolute atomic E-state index is 0.000147. The lowest BCUT2D eigenvalue weighted by atomic mass is 9.84. The fourth-order valence-corrected chi connectivity index (χ4v) is 2.82. The zero-order valence-electron chi connectivity index (χ0n) is 10.5. The van der Waals surface area contributed by atoms with E-state index in [2.05, 4.69) is 17.6 Å². The zero-order valence-corrected chi connectivity index (χ0v) is 10.5. The van der Waals surface area contributed by atoms with Crippen molar-refractivity contribution in [3.63, 3.8) is 0 Å². The first-order valence-electron chi connectivity index (χ1n) is 6.76. The Morgan fingerprint density at radius 1 is 1.35 bits per heavy atom. The van der Waals surface area contributed by atoms with Crippen LogP contribution < -0.4 is 10.6 Å². The molecule has 2 amide bonds. The molecule has 2 aliphatic rings. The third kappa shape index (κ3) is 3.20. The van der Waals surface area contributed by atoms with Crippen molar-refractivity contribution in [2.45, 2.75) is 51.5 Å². The Kier molecular flexibility index (Phi) is 4.02. The average Bonchev–Trinajstić information content (AvgIpc) is 2.77. The van der Waals surface area contributed by atoms with Crippen molar-refractivity contribution in [1.82, 2.24) is 10.6 Å². The van der Waals surface area contributed by atoms with E-state index in [1.165, 1.54) is 19.3 Å². The second-order valence-corrected chi connectivity index (χ2v) is 5.34. The predicted octanol–water partition coefficient (Wildman–Crippen LogP) is 1.21. The molecular weight excluding hydrogens is 216 g/mol. The molecule has 0 spiro atoms. The largest absolute Gasteiger partial charge is 0.355 e. The normalized spacial score (nSPS) is 33.2. The monoisotopic (exact) mass is 238 g/mol. The Hall–Kier alpha value is -1.06. The van der Waals surface area contributed by atoms with Crippen molar-refractivity contribution in [2.24, 2.45) is 11.8 Å². The summed E-state index contributed by atoms with van der Waals surface area (Å²) in [5.41, 5.74) is 0. The molecule has 2 N–H and O–H groups in total. The molecule has 0 radical (unpaired) electrons. The number of hydrogen-bond donors (Lipinski definition) is 2. The van der Waals surface area contributed by atoms with Crippen LogP contribution in [0.15, 0.2) is 0 Å².